The van der Waals surface area contributed by atoms with Crippen molar-refractivity contribution >= 4 is 61.3 Å². The Kier molecular flexibility index (Phi) is 7.21. The minimum atomic E-state index is -4.79. The van der Waals surface area contributed by atoms with E-state index in [0.29, 0.717) is 0 Å². The van der Waals surface area contributed by atoms with E-state index in [9.17, 15) is 36.9 Å². The van der Waals surface area contributed by atoms with Gasteiger partial charge in [-0.25, -0.2) is 4.79 Å². The third kappa shape index (κ3) is 5.18. The first-order valence-electron chi connectivity index (χ1n) is 12.1. The van der Waals surface area contributed by atoms with Crippen LogP contribution in [0, 0.1) is 0 Å². The van der Waals surface area contributed by atoms with Gasteiger partial charge in [-0.2, -0.15) is 26.4 Å². The van der Waals surface area contributed by atoms with Crippen molar-refractivity contribution in [2.75, 3.05) is 0 Å². The Hall–Kier alpha value is -5.53. The Morgan fingerprint density at radius 1 is 0.744 bits per heavy atom. The Morgan fingerprint density at radius 2 is 1.23 bits per heavy atom. The third-order valence-corrected chi connectivity index (χ3v) is 9.16. The first kappa shape index (κ1) is 29.0. The number of aliphatic hydroxyl groups is 2. The van der Waals surface area contributed by atoms with Gasteiger partial charge in [0, 0.05) is 26.9 Å². The molecule has 218 valence electrons. The van der Waals surface area contributed by atoms with Crippen LogP contribution < -0.4 is 29.2 Å². The maximum absolute atomic E-state index is 13.3. The van der Waals surface area contributed by atoms with Gasteiger partial charge in [0.2, 0.25) is 11.5 Å². The highest BCUT2D eigenvalue weighted by atomic mass is 32.2. The molecule has 0 saturated carbocycles. The first-order chi connectivity index (χ1) is 20.4. The number of fused-ring (bicyclic) bond motifs is 2. The first-order valence-corrected chi connectivity index (χ1v) is 14.9. The summed E-state index contributed by atoms with van der Waals surface area (Å²) in [6, 6.07) is 10.4. The minimum Gasteiger partial charge on any atom is -0.501 e. The molecule has 0 aromatic heterocycles. The van der Waals surface area contributed by atoms with Gasteiger partial charge < -0.3 is 34.7 Å². The molecule has 0 atom stereocenters. The fraction of sp³-hybridized carbons (Fsp3) is 0.0741. The second-order valence-corrected chi connectivity index (χ2v) is 12.1. The molecule has 0 heterocycles. The molecular formula is C27H18N4O10S2. The molecular weight excluding hydrogens is 604 g/mol. The monoisotopic (exact) mass is 622 g/mol. The lowest BCUT2D eigenvalue weighted by atomic mass is 10.0. The highest BCUT2D eigenvalue weighted by Crippen LogP contribution is 2.29. The molecule has 0 fully saturated rings. The van der Waals surface area contributed by atoms with Crippen molar-refractivity contribution < 1.29 is 54.9 Å². The smallest absolute Gasteiger partial charge is 0.339 e. The molecule has 0 amide bonds. The van der Waals surface area contributed by atoms with Gasteiger partial charge in [0.1, 0.15) is 21.1 Å². The summed E-state index contributed by atoms with van der Waals surface area (Å²) < 4.78 is 63.6. The molecule has 3 N–H and O–H groups in total. The number of hydrogen-bond donors (Lipinski definition) is 3. The highest BCUT2D eigenvalue weighted by Gasteiger charge is 2.28. The Labute approximate surface area is 242 Å². The van der Waals surface area contributed by atoms with Crippen LogP contribution in [0.5, 0.6) is 11.5 Å². The molecule has 3 aromatic carbocycles. The number of nitrogens with zero attached hydrogens (tertiary/aromatic N) is 4. The maximum atomic E-state index is 13.3. The maximum Gasteiger partial charge on any atom is 0.339 e. The molecule has 0 saturated heterocycles. The van der Waals surface area contributed by atoms with Crippen LogP contribution in [0.25, 0.3) is 34.7 Å². The largest absolute Gasteiger partial charge is 0.501 e. The molecule has 2 aliphatic carbocycles. The zero-order valence-corrected chi connectivity index (χ0v) is 23.2. The van der Waals surface area contributed by atoms with Gasteiger partial charge in [0.25, 0.3) is 0 Å². The molecule has 5 rings (SSSR count). The van der Waals surface area contributed by atoms with E-state index in [1.165, 1.54) is 42.5 Å². The number of carbonyl (C=O) groups is 1. The molecule has 0 aliphatic heterocycles. The zero-order valence-electron chi connectivity index (χ0n) is 21.6. The van der Waals surface area contributed by atoms with Gasteiger partial charge in [-0.3, -0.25) is 0 Å². The van der Waals surface area contributed by atoms with Crippen LogP contribution in [-0.2, 0) is 20.2 Å². The van der Waals surface area contributed by atoms with Crippen molar-refractivity contribution in [3.8, 4) is 11.5 Å². The molecule has 43 heavy (non-hydrogen) atoms. The van der Waals surface area contributed by atoms with Crippen LogP contribution in [0.4, 0.5) is 0 Å². The number of benzene rings is 3. The van der Waals surface area contributed by atoms with Gasteiger partial charge in [-0.1, -0.05) is 36.4 Å². The Morgan fingerprint density at radius 3 is 1.70 bits per heavy atom. The van der Waals surface area contributed by atoms with Crippen LogP contribution in [0.15, 0.2) is 64.4 Å². The third-order valence-electron chi connectivity index (χ3n) is 6.56. The van der Waals surface area contributed by atoms with Crippen LogP contribution in [0.1, 0.15) is 23.2 Å². The standard InChI is InChI=1S/C27H18N4O10S2/c28-30-20-11-9-15-17(25(20)32)3-1-5-23(15)42(36,37)40-14-7-8-19(27(34)35)22(13-14)41-43(38,39)24-6-2-4-18-16(24)10-12-21(31-29)26(18)33/h1-10,13,32-33H,11-12H2,(H,34,35). The van der Waals surface area contributed by atoms with Crippen LogP contribution in [-0.4, -0.2) is 59.1 Å². The molecule has 14 nitrogen and oxygen atoms in total. The molecule has 0 radical (unpaired) electrons. The summed E-state index contributed by atoms with van der Waals surface area (Å²) in [6.07, 6.45) is 2.56. The van der Waals surface area contributed by atoms with Crippen LogP contribution in [0.2, 0.25) is 0 Å². The van der Waals surface area contributed by atoms with E-state index in [1.54, 1.807) is 0 Å². The highest BCUT2D eigenvalue weighted by molar-refractivity contribution is 7.87. The van der Waals surface area contributed by atoms with E-state index in [2.05, 4.69) is 9.58 Å². The molecule has 0 bridgehead atoms. The van der Waals surface area contributed by atoms with Crippen molar-refractivity contribution in [2.24, 2.45) is 0 Å². The Bertz CT molecular complexity index is 2340. The number of carboxylic acid groups (broad SMARTS) is 1. The number of aromatic carboxylic acids is 1. The summed E-state index contributed by atoms with van der Waals surface area (Å²) in [5.74, 6) is -3.75. The van der Waals surface area contributed by atoms with Gasteiger partial charge in [-0.15, -0.1) is 0 Å². The summed E-state index contributed by atoms with van der Waals surface area (Å²) in [5.41, 5.74) is 17.3. The molecule has 0 unspecified atom stereocenters. The summed E-state index contributed by atoms with van der Waals surface area (Å²) in [7, 11) is -9.44. The van der Waals surface area contributed by atoms with E-state index in [-0.39, 0.29) is 50.0 Å². The van der Waals surface area contributed by atoms with E-state index in [1.807, 2.05) is 0 Å². The Balaban J connectivity index is 1.57. The lowest BCUT2D eigenvalue weighted by molar-refractivity contribution is -0.00674. The van der Waals surface area contributed by atoms with Crippen molar-refractivity contribution in [2.45, 2.75) is 22.6 Å². The SMILES string of the molecule is [N-]=[N+]=C1CC=c2c(S(=O)(=O)Oc3ccc(C(=O)O)c(OS(=O)(=O)c4cccc5c4=CCC(=[N+]=[N-])C=5O)c3)cccc2=C1O. The fourth-order valence-electron chi connectivity index (χ4n) is 4.57. The molecule has 16 heteroatoms. The minimum absolute atomic E-state index is 0.0128. The molecule has 0 spiro atoms. The summed E-state index contributed by atoms with van der Waals surface area (Å²) in [5, 5.41) is 30.5. The fourth-order valence-corrected chi connectivity index (χ4v) is 6.90. The average molecular weight is 623 g/mol. The van der Waals surface area contributed by atoms with E-state index < -0.39 is 59.7 Å². The van der Waals surface area contributed by atoms with Gasteiger partial charge in [0.15, 0.2) is 5.75 Å². The van der Waals surface area contributed by atoms with Crippen LogP contribution >= 0.6 is 0 Å². The normalized spacial score (nSPS) is 14.3. The summed E-state index contributed by atoms with van der Waals surface area (Å²) >= 11 is 0. The van der Waals surface area contributed by atoms with Gasteiger partial charge in [0.05, 0.1) is 12.8 Å². The quantitative estimate of drug-likeness (QED) is 0.180. The number of rotatable bonds is 7. The lowest BCUT2D eigenvalue weighted by Crippen LogP contribution is -2.38. The second kappa shape index (κ2) is 10.7. The van der Waals surface area contributed by atoms with Crippen LogP contribution in [0.3, 0.4) is 0 Å². The predicted molar refractivity (Wildman–Crippen MR) is 148 cm³/mol. The number of carboxylic acids is 1. The number of hydrogen-bond acceptors (Lipinski definition) is 9. The number of aliphatic hydroxyl groups excluding tert-OH is 2. The lowest BCUT2D eigenvalue weighted by Gasteiger charge is -2.14. The van der Waals surface area contributed by atoms with E-state index in [4.69, 9.17) is 19.4 Å². The predicted octanol–water partition coefficient (Wildman–Crippen LogP) is -0.0374. The summed E-state index contributed by atoms with van der Waals surface area (Å²) in [4.78, 5) is 17.0. The van der Waals surface area contributed by atoms with Crippen molar-refractivity contribution in [1.29, 1.82) is 0 Å². The van der Waals surface area contributed by atoms with Gasteiger partial charge >= 0.3 is 37.6 Å². The zero-order chi connectivity index (χ0) is 31.1. The summed E-state index contributed by atoms with van der Waals surface area (Å²) in [6.45, 7) is 0. The molecule has 3 aromatic rings. The van der Waals surface area contributed by atoms with Crippen molar-refractivity contribution in [1.82, 2.24) is 0 Å². The topological polar surface area (TPSA) is 237 Å². The second-order valence-electron chi connectivity index (χ2n) is 9.08. The van der Waals surface area contributed by atoms with Crippen molar-refractivity contribution in [3.05, 3.63) is 92.1 Å². The van der Waals surface area contributed by atoms with E-state index >= 15 is 0 Å². The van der Waals surface area contributed by atoms with Gasteiger partial charge in [-0.05, 0) is 24.3 Å². The molecule has 2 aliphatic rings. The van der Waals surface area contributed by atoms with Crippen molar-refractivity contribution in [3.63, 3.8) is 0 Å². The van der Waals surface area contributed by atoms with E-state index in [0.717, 1.165) is 24.3 Å². The average Bonchev–Trinajstić information content (AvgIpc) is 2.96.